The molecule has 0 fully saturated rings. The van der Waals surface area contributed by atoms with Crippen LogP contribution >= 0.6 is 38.6 Å². The van der Waals surface area contributed by atoms with Crippen LogP contribution in [0.5, 0.6) is 0 Å². The van der Waals surface area contributed by atoms with Crippen LogP contribution in [0.1, 0.15) is 19.7 Å². The average Bonchev–Trinajstić information content (AvgIpc) is 3.17. The van der Waals surface area contributed by atoms with Gasteiger partial charge in [0.1, 0.15) is 5.01 Å². The molecule has 0 spiro atoms. The molecule has 0 saturated carbocycles. The molecule has 2 aromatic heterocycles. The third-order valence-electron chi connectivity index (χ3n) is 3.15. The lowest BCUT2D eigenvalue weighted by Gasteiger charge is -2.12. The second kappa shape index (κ2) is 7.98. The summed E-state index contributed by atoms with van der Waals surface area (Å²) in [5.41, 5.74) is 0.750. The standard InChI is InChI=1S/C16H15BrN4OS2/c1-21(9-12-7-8-13(17)23-12)10-14-19-20-16(24-14)15(22)18-11-5-3-2-4-6-11/h2-8H,9-10H2,1H3,(H,18,22). The summed E-state index contributed by atoms with van der Waals surface area (Å²) in [6, 6.07) is 13.5. The predicted octanol–water partition coefficient (Wildman–Crippen LogP) is 4.25. The van der Waals surface area contributed by atoms with Gasteiger partial charge in [-0.2, -0.15) is 0 Å². The molecule has 0 saturated heterocycles. The first-order chi connectivity index (χ1) is 11.6. The molecule has 1 N–H and O–H groups in total. The SMILES string of the molecule is CN(Cc1ccc(Br)s1)Cc1nnc(C(=O)Nc2ccccc2)s1. The lowest BCUT2D eigenvalue weighted by Crippen LogP contribution is -2.16. The van der Waals surface area contributed by atoms with E-state index in [-0.39, 0.29) is 5.91 Å². The van der Waals surface area contributed by atoms with E-state index in [9.17, 15) is 4.79 Å². The van der Waals surface area contributed by atoms with Gasteiger partial charge in [-0.15, -0.1) is 21.5 Å². The van der Waals surface area contributed by atoms with E-state index in [1.165, 1.54) is 16.2 Å². The summed E-state index contributed by atoms with van der Waals surface area (Å²) in [4.78, 5) is 15.6. The molecule has 2 heterocycles. The Balaban J connectivity index is 1.57. The Hall–Kier alpha value is -1.61. The lowest BCUT2D eigenvalue weighted by molar-refractivity contribution is 0.102. The van der Waals surface area contributed by atoms with Crippen molar-refractivity contribution in [2.75, 3.05) is 12.4 Å². The van der Waals surface area contributed by atoms with Crippen molar-refractivity contribution in [2.24, 2.45) is 0 Å². The first-order valence-electron chi connectivity index (χ1n) is 7.21. The van der Waals surface area contributed by atoms with Crippen molar-refractivity contribution in [3.63, 3.8) is 0 Å². The van der Waals surface area contributed by atoms with Crippen LogP contribution in [-0.2, 0) is 13.1 Å². The maximum atomic E-state index is 12.2. The monoisotopic (exact) mass is 422 g/mol. The molecular formula is C16H15BrN4OS2. The number of hydrogen-bond acceptors (Lipinski definition) is 6. The minimum Gasteiger partial charge on any atom is -0.320 e. The van der Waals surface area contributed by atoms with E-state index in [0.29, 0.717) is 11.6 Å². The first-order valence-corrected chi connectivity index (χ1v) is 9.64. The van der Waals surface area contributed by atoms with Crippen LogP contribution in [0.2, 0.25) is 0 Å². The number of amides is 1. The van der Waals surface area contributed by atoms with Gasteiger partial charge in [0.15, 0.2) is 0 Å². The van der Waals surface area contributed by atoms with Gasteiger partial charge in [-0.3, -0.25) is 9.69 Å². The van der Waals surface area contributed by atoms with Crippen LogP contribution in [0.4, 0.5) is 5.69 Å². The Morgan fingerprint density at radius 2 is 1.92 bits per heavy atom. The Morgan fingerprint density at radius 3 is 2.62 bits per heavy atom. The van der Waals surface area contributed by atoms with Crippen molar-refractivity contribution in [2.45, 2.75) is 13.1 Å². The van der Waals surface area contributed by atoms with Gasteiger partial charge in [0.05, 0.1) is 10.3 Å². The van der Waals surface area contributed by atoms with E-state index >= 15 is 0 Å². The van der Waals surface area contributed by atoms with Gasteiger partial charge in [0, 0.05) is 17.1 Å². The molecule has 0 aliphatic heterocycles. The second-order valence-corrected chi connectivity index (χ2v) is 8.81. The molecule has 8 heteroatoms. The van der Waals surface area contributed by atoms with Gasteiger partial charge in [0.2, 0.25) is 5.01 Å². The predicted molar refractivity (Wildman–Crippen MR) is 101 cm³/mol. The quantitative estimate of drug-likeness (QED) is 0.644. The van der Waals surface area contributed by atoms with Crippen LogP contribution in [0, 0.1) is 0 Å². The molecule has 24 heavy (non-hydrogen) atoms. The van der Waals surface area contributed by atoms with E-state index in [4.69, 9.17) is 0 Å². The molecule has 0 atom stereocenters. The number of para-hydroxylation sites is 1. The van der Waals surface area contributed by atoms with Crippen molar-refractivity contribution in [1.29, 1.82) is 0 Å². The van der Waals surface area contributed by atoms with Gasteiger partial charge in [-0.05, 0) is 47.2 Å². The highest BCUT2D eigenvalue weighted by Crippen LogP contribution is 2.23. The molecule has 3 rings (SSSR count). The molecule has 0 unspecified atom stereocenters. The zero-order chi connectivity index (χ0) is 16.9. The molecule has 5 nitrogen and oxygen atoms in total. The summed E-state index contributed by atoms with van der Waals surface area (Å²) in [5.74, 6) is -0.227. The van der Waals surface area contributed by atoms with E-state index in [2.05, 4.69) is 42.4 Å². The molecule has 124 valence electrons. The van der Waals surface area contributed by atoms with Gasteiger partial charge < -0.3 is 5.32 Å². The third-order valence-corrected chi connectivity index (χ3v) is 5.67. The fraction of sp³-hybridized carbons (Fsp3) is 0.188. The summed E-state index contributed by atoms with van der Waals surface area (Å²) in [6.07, 6.45) is 0. The highest BCUT2D eigenvalue weighted by atomic mass is 79.9. The summed E-state index contributed by atoms with van der Waals surface area (Å²) >= 11 is 6.51. The number of carbonyl (C=O) groups is 1. The highest BCUT2D eigenvalue weighted by Gasteiger charge is 2.14. The van der Waals surface area contributed by atoms with Crippen molar-refractivity contribution in [1.82, 2.24) is 15.1 Å². The smallest absolute Gasteiger partial charge is 0.286 e. The number of halogens is 1. The number of aromatic nitrogens is 2. The number of anilines is 1. The molecular weight excluding hydrogens is 408 g/mol. The van der Waals surface area contributed by atoms with E-state index in [1.54, 1.807) is 11.3 Å². The summed E-state index contributed by atoms with van der Waals surface area (Å²) < 4.78 is 1.13. The molecule has 0 radical (unpaired) electrons. The fourth-order valence-electron chi connectivity index (χ4n) is 2.10. The van der Waals surface area contributed by atoms with Crippen molar-refractivity contribution >= 4 is 50.2 Å². The van der Waals surface area contributed by atoms with Crippen LogP contribution in [-0.4, -0.2) is 28.1 Å². The van der Waals surface area contributed by atoms with Crippen LogP contribution in [0.25, 0.3) is 0 Å². The highest BCUT2D eigenvalue weighted by molar-refractivity contribution is 9.11. The maximum absolute atomic E-state index is 12.2. The normalized spacial score (nSPS) is 11.0. The second-order valence-electron chi connectivity index (χ2n) is 5.20. The van der Waals surface area contributed by atoms with Gasteiger partial charge in [0.25, 0.3) is 5.91 Å². The van der Waals surface area contributed by atoms with Gasteiger partial charge in [-0.1, -0.05) is 29.5 Å². The summed E-state index contributed by atoms with van der Waals surface area (Å²) in [7, 11) is 2.03. The molecule has 3 aromatic rings. The number of carbonyl (C=O) groups excluding carboxylic acids is 1. The van der Waals surface area contributed by atoms with E-state index in [1.807, 2.05) is 43.4 Å². The molecule has 1 aromatic carbocycles. The van der Waals surface area contributed by atoms with Gasteiger partial charge in [-0.25, -0.2) is 0 Å². The molecule has 0 aliphatic carbocycles. The maximum Gasteiger partial charge on any atom is 0.286 e. The zero-order valence-corrected chi connectivity index (χ0v) is 16.1. The van der Waals surface area contributed by atoms with Crippen LogP contribution < -0.4 is 5.32 Å². The number of nitrogens with one attached hydrogen (secondary N) is 1. The van der Waals surface area contributed by atoms with E-state index < -0.39 is 0 Å². The number of benzene rings is 1. The Labute approximate surface area is 156 Å². The van der Waals surface area contributed by atoms with Crippen molar-refractivity contribution < 1.29 is 4.79 Å². The Bertz CT molecular complexity index is 818. The number of thiophene rings is 1. The van der Waals surface area contributed by atoms with E-state index in [0.717, 1.165) is 21.0 Å². The largest absolute Gasteiger partial charge is 0.320 e. The summed E-state index contributed by atoms with van der Waals surface area (Å²) in [6.45, 7) is 1.49. The number of rotatable bonds is 6. The average molecular weight is 423 g/mol. The Morgan fingerprint density at radius 1 is 1.12 bits per heavy atom. The topological polar surface area (TPSA) is 58.1 Å². The van der Waals surface area contributed by atoms with Crippen LogP contribution in [0.3, 0.4) is 0 Å². The van der Waals surface area contributed by atoms with Gasteiger partial charge >= 0.3 is 0 Å². The third kappa shape index (κ3) is 4.70. The minimum atomic E-state index is -0.227. The summed E-state index contributed by atoms with van der Waals surface area (Å²) in [5, 5.41) is 12.1. The fourth-order valence-corrected chi connectivity index (χ4v) is 4.48. The molecule has 0 aliphatic rings. The molecule has 0 bridgehead atoms. The zero-order valence-electron chi connectivity index (χ0n) is 12.9. The van der Waals surface area contributed by atoms with Crippen molar-refractivity contribution in [3.8, 4) is 0 Å². The first kappa shape index (κ1) is 17.2. The number of hydrogen-bond donors (Lipinski definition) is 1. The molecule has 1 amide bonds. The van der Waals surface area contributed by atoms with Crippen LogP contribution in [0.15, 0.2) is 46.3 Å². The lowest BCUT2D eigenvalue weighted by atomic mass is 10.3. The number of nitrogens with zero attached hydrogens (tertiary/aromatic N) is 3. The minimum absolute atomic E-state index is 0.227. The Kier molecular flexibility index (Phi) is 5.72. The van der Waals surface area contributed by atoms with Crippen molar-refractivity contribution in [3.05, 3.63) is 61.1 Å².